The molecule has 9 heteroatoms. The van der Waals surface area contributed by atoms with Crippen molar-refractivity contribution in [2.75, 3.05) is 18.5 Å². The highest BCUT2D eigenvalue weighted by atomic mass is 16.5. The highest BCUT2D eigenvalue weighted by Gasteiger charge is 2.21. The van der Waals surface area contributed by atoms with E-state index in [0.29, 0.717) is 30.9 Å². The molecule has 1 N–H and O–H groups in total. The lowest BCUT2D eigenvalue weighted by Crippen LogP contribution is -2.07. The van der Waals surface area contributed by atoms with Crippen molar-refractivity contribution >= 4 is 28.1 Å². The molecule has 3 heterocycles. The molecule has 0 radical (unpaired) electrons. The second kappa shape index (κ2) is 9.19. The van der Waals surface area contributed by atoms with Gasteiger partial charge in [-0.1, -0.05) is 0 Å². The third kappa shape index (κ3) is 4.85. The minimum Gasteiger partial charge on any atom is -0.491 e. The molecule has 35 heavy (non-hydrogen) atoms. The lowest BCUT2D eigenvalue weighted by atomic mass is 10.2. The number of rotatable bonds is 9. The van der Waals surface area contributed by atoms with Crippen molar-refractivity contribution in [3.8, 4) is 17.2 Å². The number of nitrogens with one attached hydrogen (secondary N) is 1. The van der Waals surface area contributed by atoms with E-state index in [2.05, 4.69) is 25.4 Å². The first-order valence-corrected chi connectivity index (χ1v) is 11.6. The molecule has 0 spiro atoms. The van der Waals surface area contributed by atoms with Crippen molar-refractivity contribution < 1.29 is 14.2 Å². The number of aryl methyl sites for hydroxylation is 1. The highest BCUT2D eigenvalue weighted by molar-refractivity contribution is 5.91. The van der Waals surface area contributed by atoms with Crippen molar-refractivity contribution in [3.05, 3.63) is 72.9 Å². The van der Waals surface area contributed by atoms with E-state index in [0.717, 1.165) is 52.1 Å². The number of benzene rings is 2. The number of nitrogens with zero attached hydrogens (tertiary/aromatic N) is 5. The molecule has 3 aromatic heterocycles. The van der Waals surface area contributed by atoms with Crippen LogP contribution in [-0.4, -0.2) is 43.9 Å². The number of hydrogen-bond acceptors (Lipinski definition) is 8. The predicted octanol–water partition coefficient (Wildman–Crippen LogP) is 5.07. The second-order valence-electron chi connectivity index (χ2n) is 8.45. The van der Waals surface area contributed by atoms with Crippen LogP contribution in [0.4, 0.5) is 11.5 Å². The lowest BCUT2D eigenvalue weighted by Gasteiger charge is -2.13. The SMILES string of the molecule is Cc1cc(Nc2ncnc3ccc(OCCOC4CC4)cc23)ccc1Oc1ccc2ncnn2c1. The van der Waals surface area contributed by atoms with Gasteiger partial charge in [0.15, 0.2) is 5.65 Å². The molecule has 1 aliphatic carbocycles. The number of pyridine rings is 1. The topological polar surface area (TPSA) is 95.7 Å². The first-order valence-electron chi connectivity index (χ1n) is 11.6. The van der Waals surface area contributed by atoms with Crippen molar-refractivity contribution in [2.24, 2.45) is 0 Å². The molecule has 0 atom stereocenters. The molecular formula is C26H24N6O3. The Balaban J connectivity index is 1.18. The van der Waals surface area contributed by atoms with Gasteiger partial charge in [0.25, 0.3) is 0 Å². The maximum absolute atomic E-state index is 6.07. The summed E-state index contributed by atoms with van der Waals surface area (Å²) in [6.07, 6.45) is 7.62. The predicted molar refractivity (Wildman–Crippen MR) is 132 cm³/mol. The van der Waals surface area contributed by atoms with Crippen LogP contribution in [0.3, 0.4) is 0 Å². The van der Waals surface area contributed by atoms with E-state index in [1.165, 1.54) is 6.33 Å². The highest BCUT2D eigenvalue weighted by Crippen LogP contribution is 2.31. The van der Waals surface area contributed by atoms with Gasteiger partial charge in [0.05, 0.1) is 24.4 Å². The Morgan fingerprint density at radius 2 is 1.86 bits per heavy atom. The Morgan fingerprint density at radius 3 is 2.74 bits per heavy atom. The summed E-state index contributed by atoms with van der Waals surface area (Å²) in [6.45, 7) is 3.12. The van der Waals surface area contributed by atoms with Crippen LogP contribution in [0.5, 0.6) is 17.2 Å². The van der Waals surface area contributed by atoms with Gasteiger partial charge in [-0.05, 0) is 73.9 Å². The van der Waals surface area contributed by atoms with Crippen LogP contribution in [0.1, 0.15) is 18.4 Å². The normalized spacial score (nSPS) is 13.3. The average molecular weight is 469 g/mol. The molecule has 0 saturated heterocycles. The molecule has 9 nitrogen and oxygen atoms in total. The van der Waals surface area contributed by atoms with E-state index < -0.39 is 0 Å². The van der Waals surface area contributed by atoms with Crippen molar-refractivity contribution in [2.45, 2.75) is 25.9 Å². The maximum Gasteiger partial charge on any atom is 0.155 e. The van der Waals surface area contributed by atoms with Gasteiger partial charge >= 0.3 is 0 Å². The van der Waals surface area contributed by atoms with Crippen LogP contribution in [-0.2, 0) is 4.74 Å². The quantitative estimate of drug-likeness (QED) is 0.300. The Hall–Kier alpha value is -4.24. The number of fused-ring (bicyclic) bond motifs is 2. The Bertz CT molecular complexity index is 1500. The zero-order valence-corrected chi connectivity index (χ0v) is 19.2. The van der Waals surface area contributed by atoms with E-state index in [1.807, 2.05) is 55.5 Å². The van der Waals surface area contributed by atoms with Gasteiger partial charge < -0.3 is 19.5 Å². The minimum atomic E-state index is 0.428. The molecule has 1 saturated carbocycles. The fourth-order valence-electron chi connectivity index (χ4n) is 3.80. The third-order valence-corrected chi connectivity index (χ3v) is 5.75. The molecular weight excluding hydrogens is 444 g/mol. The largest absolute Gasteiger partial charge is 0.491 e. The Kier molecular flexibility index (Phi) is 5.59. The second-order valence-corrected chi connectivity index (χ2v) is 8.45. The van der Waals surface area contributed by atoms with Crippen molar-refractivity contribution in [1.29, 1.82) is 0 Å². The third-order valence-electron chi connectivity index (χ3n) is 5.75. The lowest BCUT2D eigenvalue weighted by molar-refractivity contribution is 0.0881. The summed E-state index contributed by atoms with van der Waals surface area (Å²) in [5, 5.41) is 8.44. The number of aromatic nitrogens is 5. The first kappa shape index (κ1) is 21.3. The zero-order valence-electron chi connectivity index (χ0n) is 19.2. The molecule has 5 aromatic rings. The van der Waals surface area contributed by atoms with Crippen molar-refractivity contribution in [3.63, 3.8) is 0 Å². The number of ether oxygens (including phenoxy) is 3. The van der Waals surface area contributed by atoms with E-state index >= 15 is 0 Å². The van der Waals surface area contributed by atoms with Gasteiger partial charge in [0, 0.05) is 11.1 Å². The van der Waals surface area contributed by atoms with Crippen LogP contribution in [0.15, 0.2) is 67.4 Å². The van der Waals surface area contributed by atoms with Crippen LogP contribution in [0.2, 0.25) is 0 Å². The Morgan fingerprint density at radius 1 is 0.943 bits per heavy atom. The van der Waals surface area contributed by atoms with Crippen LogP contribution in [0.25, 0.3) is 16.6 Å². The van der Waals surface area contributed by atoms with Gasteiger partial charge in [-0.2, -0.15) is 5.10 Å². The van der Waals surface area contributed by atoms with Crippen LogP contribution >= 0.6 is 0 Å². The summed E-state index contributed by atoms with van der Waals surface area (Å²) < 4.78 is 19.3. The summed E-state index contributed by atoms with van der Waals surface area (Å²) in [7, 11) is 0. The monoisotopic (exact) mass is 468 g/mol. The molecule has 6 rings (SSSR count). The fraction of sp³-hybridized carbons (Fsp3) is 0.231. The van der Waals surface area contributed by atoms with Gasteiger partial charge in [-0.3, -0.25) is 0 Å². The molecule has 2 aromatic carbocycles. The maximum atomic E-state index is 6.07. The van der Waals surface area contributed by atoms with Crippen molar-refractivity contribution in [1.82, 2.24) is 24.6 Å². The summed E-state index contributed by atoms with van der Waals surface area (Å²) >= 11 is 0. The van der Waals surface area contributed by atoms with Gasteiger partial charge in [0.1, 0.15) is 42.3 Å². The van der Waals surface area contributed by atoms with E-state index in [-0.39, 0.29) is 0 Å². The molecule has 0 bridgehead atoms. The molecule has 0 aliphatic heterocycles. The zero-order chi connectivity index (χ0) is 23.6. The fourth-order valence-corrected chi connectivity index (χ4v) is 3.80. The summed E-state index contributed by atoms with van der Waals surface area (Å²) in [5.74, 6) is 2.91. The Labute approximate surface area is 201 Å². The molecule has 0 amide bonds. The van der Waals surface area contributed by atoms with Crippen LogP contribution in [0, 0.1) is 6.92 Å². The molecule has 1 aliphatic rings. The minimum absolute atomic E-state index is 0.428. The summed E-state index contributed by atoms with van der Waals surface area (Å²) in [5.41, 5.74) is 3.48. The summed E-state index contributed by atoms with van der Waals surface area (Å²) in [4.78, 5) is 13.0. The van der Waals surface area contributed by atoms with Crippen LogP contribution < -0.4 is 14.8 Å². The number of hydrogen-bond donors (Lipinski definition) is 1. The first-order chi connectivity index (χ1) is 17.2. The van der Waals surface area contributed by atoms with E-state index in [4.69, 9.17) is 14.2 Å². The molecule has 1 fully saturated rings. The molecule has 0 unspecified atom stereocenters. The van der Waals surface area contributed by atoms with Gasteiger partial charge in [-0.15, -0.1) is 0 Å². The summed E-state index contributed by atoms with van der Waals surface area (Å²) in [6, 6.07) is 15.5. The van der Waals surface area contributed by atoms with E-state index in [9.17, 15) is 0 Å². The molecule has 176 valence electrons. The average Bonchev–Trinajstić information content (AvgIpc) is 3.58. The van der Waals surface area contributed by atoms with Gasteiger partial charge in [0.2, 0.25) is 0 Å². The van der Waals surface area contributed by atoms with E-state index in [1.54, 1.807) is 17.0 Å². The number of anilines is 2. The smallest absolute Gasteiger partial charge is 0.155 e. The van der Waals surface area contributed by atoms with Gasteiger partial charge in [-0.25, -0.2) is 19.5 Å². The standard InChI is InChI=1S/C26H24N6O3/c1-17-12-18(2-8-24(17)35-21-6-9-25-28-16-30-32(25)14-21)31-26-22-13-20(5-7-23(22)27-15-29-26)34-11-10-33-19-3-4-19/h2,5-9,12-16,19H,3-4,10-11H2,1H3,(H,27,29,31).